The SMILES string of the molecule is Nc1ccc(S[C@@H](C[N+](=O)[O-])c2ccc(F)cc2)cc1. The average molecular weight is 292 g/mol. The van der Waals surface area contributed by atoms with Gasteiger partial charge in [-0.25, -0.2) is 4.39 Å². The molecule has 0 bridgehead atoms. The van der Waals surface area contributed by atoms with Crippen LogP contribution in [0.5, 0.6) is 0 Å². The fourth-order valence-electron chi connectivity index (χ4n) is 1.73. The third kappa shape index (κ3) is 3.96. The average Bonchev–Trinajstić information content (AvgIpc) is 2.41. The van der Waals surface area contributed by atoms with E-state index in [9.17, 15) is 14.5 Å². The van der Waals surface area contributed by atoms with Crippen LogP contribution in [0.4, 0.5) is 10.1 Å². The zero-order valence-corrected chi connectivity index (χ0v) is 11.3. The monoisotopic (exact) mass is 292 g/mol. The summed E-state index contributed by atoms with van der Waals surface area (Å²) in [5.74, 6) is -0.355. The molecule has 0 saturated heterocycles. The molecule has 0 saturated carbocycles. The maximum absolute atomic E-state index is 12.9. The lowest BCUT2D eigenvalue weighted by Gasteiger charge is -2.13. The van der Waals surface area contributed by atoms with E-state index in [2.05, 4.69) is 0 Å². The van der Waals surface area contributed by atoms with Crippen molar-refractivity contribution in [1.29, 1.82) is 0 Å². The Morgan fingerprint density at radius 1 is 1.15 bits per heavy atom. The molecule has 2 aromatic carbocycles. The van der Waals surface area contributed by atoms with E-state index >= 15 is 0 Å². The Labute approximate surface area is 119 Å². The van der Waals surface area contributed by atoms with E-state index in [-0.39, 0.29) is 22.5 Å². The molecule has 2 N–H and O–H groups in total. The second-order valence-corrected chi connectivity index (χ2v) is 5.52. The first kappa shape index (κ1) is 14.3. The van der Waals surface area contributed by atoms with Crippen LogP contribution in [0.1, 0.15) is 10.8 Å². The Morgan fingerprint density at radius 2 is 1.75 bits per heavy atom. The van der Waals surface area contributed by atoms with Crippen molar-refractivity contribution in [3.05, 3.63) is 70.0 Å². The highest BCUT2D eigenvalue weighted by Gasteiger charge is 2.19. The molecule has 0 aliphatic rings. The maximum atomic E-state index is 12.9. The minimum Gasteiger partial charge on any atom is -0.399 e. The third-order valence-corrected chi connectivity index (χ3v) is 3.97. The zero-order chi connectivity index (χ0) is 14.5. The molecule has 4 nitrogen and oxygen atoms in total. The second kappa shape index (κ2) is 6.38. The molecule has 2 rings (SSSR count). The number of rotatable bonds is 5. The van der Waals surface area contributed by atoms with Crippen LogP contribution in [0.25, 0.3) is 0 Å². The number of hydrogen-bond acceptors (Lipinski definition) is 4. The summed E-state index contributed by atoms with van der Waals surface area (Å²) in [6.45, 7) is -0.222. The third-order valence-electron chi connectivity index (χ3n) is 2.72. The molecule has 0 radical (unpaired) electrons. The summed E-state index contributed by atoms with van der Waals surface area (Å²) in [5.41, 5.74) is 6.97. The van der Waals surface area contributed by atoms with Crippen LogP contribution in [-0.2, 0) is 0 Å². The van der Waals surface area contributed by atoms with Crippen LogP contribution in [0.3, 0.4) is 0 Å². The fourth-order valence-corrected chi connectivity index (χ4v) is 2.85. The van der Waals surface area contributed by atoms with E-state index in [0.29, 0.717) is 5.69 Å². The standard InChI is InChI=1S/C14H13FN2O2S/c15-11-3-1-10(2-4-11)14(9-17(18)19)20-13-7-5-12(16)6-8-13/h1-8,14H,9,16H2/t14-/m0/s1. The summed E-state index contributed by atoms with van der Waals surface area (Å²) in [6.07, 6.45) is 0. The molecule has 0 heterocycles. The first-order valence-corrected chi connectivity index (χ1v) is 6.82. The number of nitrogens with two attached hydrogens (primary N) is 1. The summed E-state index contributed by atoms with van der Waals surface area (Å²) in [7, 11) is 0. The molecule has 20 heavy (non-hydrogen) atoms. The number of halogens is 1. The Balaban J connectivity index is 2.21. The highest BCUT2D eigenvalue weighted by molar-refractivity contribution is 7.99. The predicted molar refractivity (Wildman–Crippen MR) is 77.7 cm³/mol. The van der Waals surface area contributed by atoms with Crippen LogP contribution >= 0.6 is 11.8 Å². The molecule has 104 valence electrons. The van der Waals surface area contributed by atoms with Crippen LogP contribution in [0.2, 0.25) is 0 Å². The molecule has 6 heteroatoms. The zero-order valence-electron chi connectivity index (χ0n) is 10.5. The first-order chi connectivity index (χ1) is 9.54. The maximum Gasteiger partial charge on any atom is 0.220 e. The van der Waals surface area contributed by atoms with Crippen molar-refractivity contribution >= 4 is 17.4 Å². The van der Waals surface area contributed by atoms with Gasteiger partial charge in [-0.2, -0.15) is 0 Å². The summed E-state index contributed by atoms with van der Waals surface area (Å²) in [6, 6.07) is 12.9. The van der Waals surface area contributed by atoms with Gasteiger partial charge in [-0.15, -0.1) is 11.8 Å². The van der Waals surface area contributed by atoms with Gasteiger partial charge in [0.05, 0.1) is 5.25 Å². The highest BCUT2D eigenvalue weighted by atomic mass is 32.2. The van der Waals surface area contributed by atoms with Crippen LogP contribution in [-0.4, -0.2) is 11.5 Å². The Hall–Kier alpha value is -2.08. The van der Waals surface area contributed by atoms with Gasteiger partial charge in [-0.1, -0.05) is 12.1 Å². The van der Waals surface area contributed by atoms with Gasteiger partial charge >= 0.3 is 0 Å². The molecule has 0 spiro atoms. The molecule has 0 aliphatic heterocycles. The van der Waals surface area contributed by atoms with Crippen LogP contribution in [0.15, 0.2) is 53.4 Å². The Kier molecular flexibility index (Phi) is 4.57. The molecule has 0 fully saturated rings. The molecule has 2 aromatic rings. The fraction of sp³-hybridized carbons (Fsp3) is 0.143. The van der Waals surface area contributed by atoms with E-state index in [1.165, 1.54) is 23.9 Å². The summed E-state index contributed by atoms with van der Waals surface area (Å²) >= 11 is 1.37. The molecule has 0 amide bonds. The van der Waals surface area contributed by atoms with Crippen molar-refractivity contribution in [2.45, 2.75) is 10.1 Å². The quantitative estimate of drug-likeness (QED) is 0.396. The number of hydrogen-bond donors (Lipinski definition) is 1. The van der Waals surface area contributed by atoms with Crippen molar-refractivity contribution in [2.75, 3.05) is 12.3 Å². The second-order valence-electron chi connectivity index (χ2n) is 4.24. The molecular formula is C14H13FN2O2S. The van der Waals surface area contributed by atoms with Crippen molar-refractivity contribution < 1.29 is 9.31 Å². The van der Waals surface area contributed by atoms with Crippen molar-refractivity contribution in [2.24, 2.45) is 0 Å². The van der Waals surface area contributed by atoms with Crippen molar-refractivity contribution in [3.8, 4) is 0 Å². The Bertz CT molecular complexity index is 587. The molecular weight excluding hydrogens is 279 g/mol. The lowest BCUT2D eigenvalue weighted by molar-refractivity contribution is -0.479. The number of nitrogens with zero attached hydrogens (tertiary/aromatic N) is 1. The summed E-state index contributed by atoms with van der Waals surface area (Å²) < 4.78 is 12.9. The molecule has 0 unspecified atom stereocenters. The Morgan fingerprint density at radius 3 is 2.30 bits per heavy atom. The number of nitrogen functional groups attached to an aromatic ring is 1. The van der Waals surface area contributed by atoms with E-state index in [1.54, 1.807) is 24.3 Å². The largest absolute Gasteiger partial charge is 0.399 e. The van der Waals surface area contributed by atoms with Gasteiger partial charge in [0.2, 0.25) is 6.54 Å². The normalized spacial score (nSPS) is 12.1. The molecule has 0 aromatic heterocycles. The predicted octanol–water partition coefficient (Wildman–Crippen LogP) is 3.52. The topological polar surface area (TPSA) is 69.2 Å². The van der Waals surface area contributed by atoms with Crippen LogP contribution < -0.4 is 5.73 Å². The van der Waals surface area contributed by atoms with Crippen molar-refractivity contribution in [3.63, 3.8) is 0 Å². The van der Waals surface area contributed by atoms with Gasteiger partial charge in [0.25, 0.3) is 0 Å². The van der Waals surface area contributed by atoms with E-state index in [0.717, 1.165) is 10.5 Å². The number of nitro groups is 1. The lowest BCUT2D eigenvalue weighted by atomic mass is 10.1. The van der Waals surface area contributed by atoms with E-state index in [4.69, 9.17) is 5.73 Å². The minimum absolute atomic E-state index is 0.222. The number of benzene rings is 2. The molecule has 1 atom stereocenters. The summed E-state index contributed by atoms with van der Waals surface area (Å²) in [5, 5.41) is 10.4. The minimum atomic E-state index is -0.366. The van der Waals surface area contributed by atoms with E-state index < -0.39 is 0 Å². The highest BCUT2D eigenvalue weighted by Crippen LogP contribution is 2.35. The lowest BCUT2D eigenvalue weighted by Crippen LogP contribution is -2.09. The van der Waals surface area contributed by atoms with Crippen molar-refractivity contribution in [1.82, 2.24) is 0 Å². The first-order valence-electron chi connectivity index (χ1n) is 5.94. The van der Waals surface area contributed by atoms with Gasteiger partial charge in [0.15, 0.2) is 0 Å². The van der Waals surface area contributed by atoms with E-state index in [1.807, 2.05) is 12.1 Å². The van der Waals surface area contributed by atoms with Gasteiger partial charge in [0, 0.05) is 15.5 Å². The van der Waals surface area contributed by atoms with Gasteiger partial charge in [-0.05, 0) is 42.0 Å². The number of anilines is 1. The van der Waals surface area contributed by atoms with Gasteiger partial charge in [-0.3, -0.25) is 10.1 Å². The molecule has 0 aliphatic carbocycles. The summed E-state index contributed by atoms with van der Waals surface area (Å²) in [4.78, 5) is 11.3. The van der Waals surface area contributed by atoms with Gasteiger partial charge in [0.1, 0.15) is 5.82 Å². The smallest absolute Gasteiger partial charge is 0.220 e. The van der Waals surface area contributed by atoms with Crippen LogP contribution in [0, 0.1) is 15.9 Å². The number of thioether (sulfide) groups is 1. The van der Waals surface area contributed by atoms with Gasteiger partial charge < -0.3 is 5.73 Å².